The summed E-state index contributed by atoms with van der Waals surface area (Å²) in [6, 6.07) is 57.1. The van der Waals surface area contributed by atoms with Crippen molar-refractivity contribution in [2.75, 3.05) is 0 Å². The molecule has 0 heterocycles. The maximum Gasteiger partial charge on any atom is 0.160 e. The molecule has 0 aliphatic carbocycles. The van der Waals surface area contributed by atoms with Gasteiger partial charge in [0, 0.05) is 11.3 Å². The van der Waals surface area contributed by atoms with E-state index in [9.17, 15) is 0 Å². The molecule has 2 nitrogen and oxygen atoms in total. The van der Waals surface area contributed by atoms with E-state index in [0.29, 0.717) is 11.5 Å². The molecule has 7 rings (SSSR count). The third-order valence-corrected chi connectivity index (χ3v) is 8.23. The minimum absolute atomic E-state index is 0.627. The Morgan fingerprint density at radius 2 is 1.00 bits per heavy atom. The van der Waals surface area contributed by atoms with E-state index in [4.69, 9.17) is 9.98 Å². The molecule has 0 N–H and O–H groups in total. The molecule has 0 aromatic heterocycles. The second kappa shape index (κ2) is 12.4. The lowest BCUT2D eigenvalue weighted by atomic mass is 9.96. The number of hydrogen-bond donors (Lipinski definition) is 0. The molecule has 0 saturated heterocycles. The molecule has 0 aliphatic rings. The van der Waals surface area contributed by atoms with E-state index in [0.717, 1.165) is 39.1 Å². The van der Waals surface area contributed by atoms with Gasteiger partial charge >= 0.3 is 0 Å². The van der Waals surface area contributed by atoms with Crippen LogP contribution in [0, 0.1) is 0 Å². The fourth-order valence-electron chi connectivity index (χ4n) is 5.77. The molecular formula is C43H32N2. The summed E-state index contributed by atoms with van der Waals surface area (Å²) in [7, 11) is 0. The van der Waals surface area contributed by atoms with Gasteiger partial charge in [0.1, 0.15) is 0 Å². The van der Waals surface area contributed by atoms with E-state index in [1.165, 1.54) is 27.1 Å². The Morgan fingerprint density at radius 1 is 0.422 bits per heavy atom. The number of amidine groups is 1. The van der Waals surface area contributed by atoms with Crippen LogP contribution in [0.3, 0.4) is 0 Å². The molecule has 0 aliphatic heterocycles. The molecule has 0 fully saturated rings. The highest BCUT2D eigenvalue weighted by Gasteiger charge is 2.10. The SMILES string of the molecule is C=C(N=C(N=C(C)c1ccccc1)c1cccc(-c2ccc3c(ccc4ccccc43)c2)c1)c1ccc(-c2ccccc2)cc1. The molecule has 0 radical (unpaired) electrons. The van der Waals surface area contributed by atoms with Gasteiger partial charge in [0.15, 0.2) is 5.84 Å². The molecule has 2 heteroatoms. The first-order valence-corrected chi connectivity index (χ1v) is 15.2. The highest BCUT2D eigenvalue weighted by Crippen LogP contribution is 2.31. The summed E-state index contributed by atoms with van der Waals surface area (Å²) in [4.78, 5) is 10.1. The van der Waals surface area contributed by atoms with Crippen LogP contribution in [-0.2, 0) is 0 Å². The molecule has 0 unspecified atom stereocenters. The lowest BCUT2D eigenvalue weighted by molar-refractivity contribution is 1.44. The maximum absolute atomic E-state index is 5.07. The van der Waals surface area contributed by atoms with Gasteiger partial charge in [-0.15, -0.1) is 0 Å². The Kier molecular flexibility index (Phi) is 7.70. The number of rotatable bonds is 6. The second-order valence-electron chi connectivity index (χ2n) is 11.2. The van der Waals surface area contributed by atoms with Crippen LogP contribution in [0.2, 0.25) is 0 Å². The first-order chi connectivity index (χ1) is 22.1. The zero-order valence-corrected chi connectivity index (χ0v) is 25.2. The first kappa shape index (κ1) is 27.9. The van der Waals surface area contributed by atoms with Crippen molar-refractivity contribution in [3.8, 4) is 22.3 Å². The molecular weight excluding hydrogens is 544 g/mol. The first-order valence-electron chi connectivity index (χ1n) is 15.2. The number of benzene rings is 7. The van der Waals surface area contributed by atoms with Gasteiger partial charge in [-0.25, -0.2) is 9.98 Å². The monoisotopic (exact) mass is 576 g/mol. The molecule has 0 saturated carbocycles. The Labute approximate surface area is 264 Å². The van der Waals surface area contributed by atoms with Crippen molar-refractivity contribution in [2.24, 2.45) is 9.98 Å². The summed E-state index contributed by atoms with van der Waals surface area (Å²) in [6.45, 7) is 6.38. The molecule has 0 spiro atoms. The molecule has 45 heavy (non-hydrogen) atoms. The van der Waals surface area contributed by atoms with Gasteiger partial charge in [-0.1, -0.05) is 158 Å². The molecule has 0 amide bonds. The molecule has 7 aromatic carbocycles. The number of hydrogen-bond acceptors (Lipinski definition) is 1. The van der Waals surface area contributed by atoms with E-state index in [1.807, 2.05) is 31.2 Å². The fraction of sp³-hybridized carbons (Fsp3) is 0.0233. The molecule has 0 atom stereocenters. The third kappa shape index (κ3) is 6.00. The fourth-order valence-corrected chi connectivity index (χ4v) is 5.77. The quantitative estimate of drug-likeness (QED) is 0.107. The minimum Gasteiger partial charge on any atom is -0.233 e. The van der Waals surface area contributed by atoms with Gasteiger partial charge in [0.2, 0.25) is 0 Å². The summed E-state index contributed by atoms with van der Waals surface area (Å²) in [6.07, 6.45) is 0. The normalized spacial score (nSPS) is 12.0. The topological polar surface area (TPSA) is 24.7 Å². The van der Waals surface area contributed by atoms with Crippen LogP contribution < -0.4 is 0 Å². The lowest BCUT2D eigenvalue weighted by Gasteiger charge is -2.11. The van der Waals surface area contributed by atoms with Crippen molar-refractivity contribution in [1.82, 2.24) is 0 Å². The van der Waals surface area contributed by atoms with Gasteiger partial charge in [-0.2, -0.15) is 0 Å². The zero-order valence-electron chi connectivity index (χ0n) is 25.2. The Morgan fingerprint density at radius 3 is 1.80 bits per heavy atom. The second-order valence-corrected chi connectivity index (χ2v) is 11.2. The van der Waals surface area contributed by atoms with Gasteiger partial charge in [-0.05, 0) is 74.0 Å². The van der Waals surface area contributed by atoms with Crippen molar-refractivity contribution in [3.05, 3.63) is 187 Å². The van der Waals surface area contributed by atoms with Gasteiger partial charge in [-0.3, -0.25) is 0 Å². The van der Waals surface area contributed by atoms with Gasteiger partial charge in [0.25, 0.3) is 0 Å². The van der Waals surface area contributed by atoms with Crippen LogP contribution in [0.15, 0.2) is 180 Å². The molecule has 0 bridgehead atoms. The number of nitrogens with zero attached hydrogens (tertiary/aromatic N) is 2. The predicted molar refractivity (Wildman–Crippen MR) is 193 cm³/mol. The number of aliphatic imine (C=N–C) groups is 2. The largest absolute Gasteiger partial charge is 0.233 e. The van der Waals surface area contributed by atoms with Crippen molar-refractivity contribution in [3.63, 3.8) is 0 Å². The predicted octanol–water partition coefficient (Wildman–Crippen LogP) is 11.3. The van der Waals surface area contributed by atoms with Crippen LogP contribution in [0.4, 0.5) is 0 Å². The standard InChI is InChI=1S/C43H32N2/c1-30(32-12-5-3-6-13-32)44-43(45-31(2)33-20-22-35(23-21-33)34-14-7-4-8-15-34)40-18-11-17-37(29-40)38-26-27-42-39(28-38)25-24-36-16-9-10-19-41(36)42/h3-29H,2H2,1H3. The molecule has 7 aromatic rings. The van der Waals surface area contributed by atoms with Crippen molar-refractivity contribution in [2.45, 2.75) is 6.92 Å². The number of fused-ring (bicyclic) bond motifs is 3. The van der Waals surface area contributed by atoms with E-state index < -0.39 is 0 Å². The van der Waals surface area contributed by atoms with Crippen molar-refractivity contribution >= 4 is 38.8 Å². The summed E-state index contributed by atoms with van der Waals surface area (Å²) < 4.78 is 0. The maximum atomic E-state index is 5.07. The van der Waals surface area contributed by atoms with Crippen molar-refractivity contribution < 1.29 is 0 Å². The van der Waals surface area contributed by atoms with E-state index >= 15 is 0 Å². The highest BCUT2D eigenvalue weighted by atomic mass is 14.9. The van der Waals surface area contributed by atoms with Crippen LogP contribution >= 0.6 is 0 Å². The van der Waals surface area contributed by atoms with E-state index in [1.54, 1.807) is 0 Å². The average Bonchev–Trinajstić information content (AvgIpc) is 3.12. The Bertz CT molecular complexity index is 2210. The van der Waals surface area contributed by atoms with Crippen molar-refractivity contribution in [1.29, 1.82) is 0 Å². The Hall–Kier alpha value is -5.86. The summed E-state index contributed by atoms with van der Waals surface area (Å²) in [5.74, 6) is 0.627. The van der Waals surface area contributed by atoms with E-state index in [2.05, 4.69) is 146 Å². The van der Waals surface area contributed by atoms with Crippen LogP contribution in [-0.4, -0.2) is 11.5 Å². The van der Waals surface area contributed by atoms with Gasteiger partial charge in [0.05, 0.1) is 5.70 Å². The van der Waals surface area contributed by atoms with Crippen LogP contribution in [0.1, 0.15) is 23.6 Å². The third-order valence-electron chi connectivity index (χ3n) is 8.23. The Balaban J connectivity index is 1.27. The highest BCUT2D eigenvalue weighted by molar-refractivity contribution is 6.13. The van der Waals surface area contributed by atoms with E-state index in [-0.39, 0.29) is 0 Å². The summed E-state index contributed by atoms with van der Waals surface area (Å²) in [5, 5.41) is 5.00. The minimum atomic E-state index is 0.627. The van der Waals surface area contributed by atoms with Crippen LogP contribution in [0.5, 0.6) is 0 Å². The van der Waals surface area contributed by atoms with Crippen LogP contribution in [0.25, 0.3) is 49.5 Å². The van der Waals surface area contributed by atoms with Gasteiger partial charge < -0.3 is 0 Å². The smallest absolute Gasteiger partial charge is 0.160 e. The summed E-state index contributed by atoms with van der Waals surface area (Å²) >= 11 is 0. The summed E-state index contributed by atoms with van der Waals surface area (Å²) in [5.41, 5.74) is 9.11. The zero-order chi connectivity index (χ0) is 30.6. The average molecular weight is 577 g/mol. The molecule has 214 valence electrons. The lowest BCUT2D eigenvalue weighted by Crippen LogP contribution is -2.04.